The number of halogens is 3. The summed E-state index contributed by atoms with van der Waals surface area (Å²) >= 11 is 0. The molecule has 0 spiro atoms. The Morgan fingerprint density at radius 3 is 2.77 bits per heavy atom. The van der Waals surface area contributed by atoms with Gasteiger partial charge >= 0.3 is 6.18 Å². The highest BCUT2D eigenvalue weighted by Gasteiger charge is 2.37. The molecule has 1 nitrogen and oxygen atoms in total. The Morgan fingerprint density at radius 2 is 2.23 bits per heavy atom. The number of rotatable bonds is 2. The van der Waals surface area contributed by atoms with Gasteiger partial charge in [0.25, 0.3) is 0 Å². The topological polar surface area (TPSA) is 9.23 Å². The Morgan fingerprint density at radius 1 is 1.54 bits per heavy atom. The highest BCUT2D eigenvalue weighted by atomic mass is 19.4. The molecule has 0 N–H and O–H groups in total. The summed E-state index contributed by atoms with van der Waals surface area (Å²) < 4.78 is 41.5. The molecule has 0 radical (unpaired) electrons. The lowest BCUT2D eigenvalue weighted by Crippen LogP contribution is -2.22. The fourth-order valence-corrected chi connectivity index (χ4v) is 1.24. The van der Waals surface area contributed by atoms with E-state index >= 15 is 0 Å². The highest BCUT2D eigenvalue weighted by molar-refractivity contribution is 5.25. The van der Waals surface area contributed by atoms with Crippen LogP contribution in [0.15, 0.2) is 23.8 Å². The second-order valence-electron chi connectivity index (χ2n) is 2.96. The summed E-state index contributed by atoms with van der Waals surface area (Å²) in [6, 6.07) is 0. The van der Waals surface area contributed by atoms with Gasteiger partial charge in [-0.3, -0.25) is 0 Å². The third-order valence-corrected chi connectivity index (χ3v) is 1.87. The molecule has 0 bridgehead atoms. The monoisotopic (exact) mass is 192 g/mol. The van der Waals surface area contributed by atoms with Gasteiger partial charge in [-0.05, 0) is 12.0 Å². The maximum atomic E-state index is 12.2. The smallest absolute Gasteiger partial charge is 0.380 e. The minimum atomic E-state index is -4.14. The van der Waals surface area contributed by atoms with Crippen molar-refractivity contribution < 1.29 is 17.9 Å². The van der Waals surface area contributed by atoms with Gasteiger partial charge in [-0.15, -0.1) is 0 Å². The van der Waals surface area contributed by atoms with Crippen LogP contribution < -0.4 is 0 Å². The minimum Gasteiger partial charge on any atom is -0.380 e. The molecule has 0 aromatic heterocycles. The Hall–Kier alpha value is -0.770. The molecule has 0 amide bonds. The van der Waals surface area contributed by atoms with Gasteiger partial charge in [0.2, 0.25) is 0 Å². The Labute approximate surface area is 74.9 Å². The van der Waals surface area contributed by atoms with Crippen LogP contribution in [0.3, 0.4) is 0 Å². The lowest BCUT2D eigenvalue weighted by atomic mass is 9.96. The number of alkyl halides is 3. The zero-order valence-electron chi connectivity index (χ0n) is 7.27. The van der Waals surface area contributed by atoms with Gasteiger partial charge in [-0.2, -0.15) is 13.2 Å². The summed E-state index contributed by atoms with van der Waals surface area (Å²) in [5.41, 5.74) is 0.594. The summed E-state index contributed by atoms with van der Waals surface area (Å²) in [5.74, 6) is -1.34. The first-order valence-corrected chi connectivity index (χ1v) is 3.97. The van der Waals surface area contributed by atoms with Crippen molar-refractivity contribution in [2.75, 3.05) is 13.7 Å². The summed E-state index contributed by atoms with van der Waals surface area (Å²) in [5, 5.41) is 0. The van der Waals surface area contributed by atoms with Crippen molar-refractivity contribution in [3.05, 3.63) is 23.8 Å². The van der Waals surface area contributed by atoms with Crippen LogP contribution in [0.1, 0.15) is 6.42 Å². The number of hydrogen-bond acceptors (Lipinski definition) is 1. The van der Waals surface area contributed by atoms with Crippen LogP contribution >= 0.6 is 0 Å². The van der Waals surface area contributed by atoms with E-state index in [2.05, 4.69) is 0 Å². The summed E-state index contributed by atoms with van der Waals surface area (Å²) in [4.78, 5) is 0. The van der Waals surface area contributed by atoms with Gasteiger partial charge in [0.1, 0.15) is 0 Å². The molecule has 0 aliphatic heterocycles. The van der Waals surface area contributed by atoms with Crippen LogP contribution in [0.2, 0.25) is 0 Å². The maximum absolute atomic E-state index is 12.2. The fourth-order valence-electron chi connectivity index (χ4n) is 1.24. The lowest BCUT2D eigenvalue weighted by Gasteiger charge is -2.19. The molecule has 1 rings (SSSR count). The van der Waals surface area contributed by atoms with Gasteiger partial charge in [-0.25, -0.2) is 0 Å². The van der Waals surface area contributed by atoms with E-state index in [4.69, 9.17) is 4.74 Å². The van der Waals surface area contributed by atoms with Gasteiger partial charge < -0.3 is 4.74 Å². The zero-order chi connectivity index (χ0) is 9.90. The highest BCUT2D eigenvalue weighted by Crippen LogP contribution is 2.33. The first kappa shape index (κ1) is 10.3. The van der Waals surface area contributed by atoms with E-state index in [0.717, 1.165) is 0 Å². The predicted molar refractivity (Wildman–Crippen MR) is 43.3 cm³/mol. The summed E-state index contributed by atoms with van der Waals surface area (Å²) in [7, 11) is 1.46. The van der Waals surface area contributed by atoms with Gasteiger partial charge in [0.05, 0.1) is 12.5 Å². The normalized spacial score (nSPS) is 23.1. The van der Waals surface area contributed by atoms with Crippen molar-refractivity contribution in [1.29, 1.82) is 0 Å². The minimum absolute atomic E-state index is 0.0384. The van der Waals surface area contributed by atoms with Crippen molar-refractivity contribution in [3.8, 4) is 0 Å². The molecule has 0 aromatic rings. The van der Waals surface area contributed by atoms with Gasteiger partial charge in [0.15, 0.2) is 0 Å². The molecule has 0 saturated heterocycles. The zero-order valence-corrected chi connectivity index (χ0v) is 7.27. The molecule has 1 atom stereocenters. The third kappa shape index (κ3) is 2.88. The molecule has 1 aliphatic rings. The van der Waals surface area contributed by atoms with Gasteiger partial charge in [0, 0.05) is 7.11 Å². The van der Waals surface area contributed by atoms with E-state index < -0.39 is 12.1 Å². The Bertz CT molecular complexity index is 228. The van der Waals surface area contributed by atoms with E-state index in [1.807, 2.05) is 0 Å². The fraction of sp³-hybridized carbons (Fsp3) is 0.556. The maximum Gasteiger partial charge on any atom is 0.395 e. The predicted octanol–water partition coefficient (Wildman–Crippen LogP) is 2.70. The summed E-state index contributed by atoms with van der Waals surface area (Å²) in [6.45, 7) is 0.239. The van der Waals surface area contributed by atoms with Crippen molar-refractivity contribution in [2.24, 2.45) is 5.92 Å². The molecule has 0 saturated carbocycles. The molecule has 1 aliphatic carbocycles. The van der Waals surface area contributed by atoms with Crippen molar-refractivity contribution in [3.63, 3.8) is 0 Å². The largest absolute Gasteiger partial charge is 0.395 e. The molecule has 13 heavy (non-hydrogen) atoms. The van der Waals surface area contributed by atoms with Crippen molar-refractivity contribution in [1.82, 2.24) is 0 Å². The second kappa shape index (κ2) is 3.96. The molecule has 4 heteroatoms. The van der Waals surface area contributed by atoms with E-state index in [0.29, 0.717) is 5.57 Å². The van der Waals surface area contributed by atoms with E-state index in [1.54, 1.807) is 6.08 Å². The van der Waals surface area contributed by atoms with E-state index in [9.17, 15) is 13.2 Å². The SMILES string of the molecule is COCC1=CC(C(F)(F)F)CC=C1. The van der Waals surface area contributed by atoms with Crippen LogP contribution in [-0.4, -0.2) is 19.9 Å². The number of methoxy groups -OCH3 is 1. The standard InChI is InChI=1S/C9H11F3O/c1-13-6-7-3-2-4-8(5-7)9(10,11)12/h2-3,5,8H,4,6H2,1H3. The van der Waals surface area contributed by atoms with Gasteiger partial charge in [-0.1, -0.05) is 18.2 Å². The molecule has 0 heterocycles. The summed E-state index contributed by atoms with van der Waals surface area (Å²) in [6.07, 6.45) is 0.336. The Kier molecular flexibility index (Phi) is 3.14. The van der Waals surface area contributed by atoms with E-state index in [1.165, 1.54) is 19.3 Å². The first-order chi connectivity index (χ1) is 6.04. The van der Waals surface area contributed by atoms with Crippen LogP contribution in [0.4, 0.5) is 13.2 Å². The van der Waals surface area contributed by atoms with E-state index in [-0.39, 0.29) is 13.0 Å². The lowest BCUT2D eigenvalue weighted by molar-refractivity contribution is -0.160. The van der Waals surface area contributed by atoms with Crippen LogP contribution in [-0.2, 0) is 4.74 Å². The molecule has 74 valence electrons. The van der Waals surface area contributed by atoms with Crippen LogP contribution in [0, 0.1) is 5.92 Å². The molecular weight excluding hydrogens is 181 g/mol. The number of ether oxygens (including phenoxy) is 1. The average Bonchev–Trinajstić information content (AvgIpc) is 2.04. The molecule has 1 unspecified atom stereocenters. The van der Waals surface area contributed by atoms with Crippen LogP contribution in [0.5, 0.6) is 0 Å². The molecular formula is C9H11F3O. The quantitative estimate of drug-likeness (QED) is 0.653. The number of allylic oxidation sites excluding steroid dienone is 2. The third-order valence-electron chi connectivity index (χ3n) is 1.87. The average molecular weight is 192 g/mol. The molecule has 0 aromatic carbocycles. The molecule has 0 fully saturated rings. The number of hydrogen-bond donors (Lipinski definition) is 0. The van der Waals surface area contributed by atoms with Crippen LogP contribution in [0.25, 0.3) is 0 Å². The Balaban J connectivity index is 2.67. The second-order valence-corrected chi connectivity index (χ2v) is 2.96. The van der Waals surface area contributed by atoms with Crippen molar-refractivity contribution in [2.45, 2.75) is 12.6 Å². The van der Waals surface area contributed by atoms with Crippen molar-refractivity contribution >= 4 is 0 Å². The first-order valence-electron chi connectivity index (χ1n) is 3.97.